The summed E-state index contributed by atoms with van der Waals surface area (Å²) in [6.07, 6.45) is 3.51. The summed E-state index contributed by atoms with van der Waals surface area (Å²) >= 11 is 0. The molecule has 0 radical (unpaired) electrons. The van der Waals surface area contributed by atoms with Crippen LogP contribution in [0.25, 0.3) is 0 Å². The molecule has 0 amide bonds. The van der Waals surface area contributed by atoms with Gasteiger partial charge in [-0.15, -0.1) is 0 Å². The van der Waals surface area contributed by atoms with Crippen molar-refractivity contribution in [1.29, 1.82) is 0 Å². The van der Waals surface area contributed by atoms with Crippen molar-refractivity contribution in [2.45, 2.75) is 39.2 Å². The normalized spacial score (nSPS) is 12.0. The summed E-state index contributed by atoms with van der Waals surface area (Å²) in [5, 5.41) is 3.52. The fourth-order valence-corrected chi connectivity index (χ4v) is 1.89. The molecule has 1 atom stereocenters. The molecule has 0 spiro atoms. The molecule has 0 bridgehead atoms. The number of hydrogen-bond donors (Lipinski definition) is 1. The highest BCUT2D eigenvalue weighted by Crippen LogP contribution is 2.30. The van der Waals surface area contributed by atoms with Crippen molar-refractivity contribution in [3.63, 3.8) is 0 Å². The van der Waals surface area contributed by atoms with Gasteiger partial charge in [0.2, 0.25) is 0 Å². The van der Waals surface area contributed by atoms with E-state index in [4.69, 9.17) is 9.47 Å². The summed E-state index contributed by atoms with van der Waals surface area (Å²) < 4.78 is 10.5. The van der Waals surface area contributed by atoms with E-state index in [1.54, 1.807) is 14.2 Å². The number of methoxy groups -OCH3 is 2. The standard InChI is InChI=1S/C14H23NO2/c1-5-7-11(6-2)15-12-8-9-13(16-3)14(10-12)17-4/h8-11,15H,5-7H2,1-4H3. The van der Waals surface area contributed by atoms with Crippen LogP contribution in [0.4, 0.5) is 5.69 Å². The van der Waals surface area contributed by atoms with Gasteiger partial charge >= 0.3 is 0 Å². The highest BCUT2D eigenvalue weighted by atomic mass is 16.5. The van der Waals surface area contributed by atoms with Gasteiger partial charge in [0.05, 0.1) is 14.2 Å². The highest BCUT2D eigenvalue weighted by molar-refractivity contribution is 5.55. The highest BCUT2D eigenvalue weighted by Gasteiger charge is 2.08. The average Bonchev–Trinajstić information content (AvgIpc) is 2.38. The topological polar surface area (TPSA) is 30.5 Å². The second-order valence-corrected chi connectivity index (χ2v) is 4.11. The van der Waals surface area contributed by atoms with E-state index in [-0.39, 0.29) is 0 Å². The second-order valence-electron chi connectivity index (χ2n) is 4.11. The van der Waals surface area contributed by atoms with Gasteiger partial charge in [-0.3, -0.25) is 0 Å². The molecular formula is C14H23NO2. The monoisotopic (exact) mass is 237 g/mol. The molecule has 0 saturated carbocycles. The molecule has 17 heavy (non-hydrogen) atoms. The quantitative estimate of drug-likeness (QED) is 0.784. The van der Waals surface area contributed by atoms with Crippen molar-refractivity contribution in [1.82, 2.24) is 0 Å². The van der Waals surface area contributed by atoms with Crippen LogP contribution < -0.4 is 14.8 Å². The molecule has 0 aliphatic rings. The van der Waals surface area contributed by atoms with Crippen LogP contribution in [0.15, 0.2) is 18.2 Å². The molecule has 1 rings (SSSR count). The molecule has 0 heterocycles. The first-order chi connectivity index (χ1) is 8.24. The largest absolute Gasteiger partial charge is 0.493 e. The van der Waals surface area contributed by atoms with Gasteiger partial charge in [0.15, 0.2) is 11.5 Å². The fraction of sp³-hybridized carbons (Fsp3) is 0.571. The number of nitrogens with one attached hydrogen (secondary N) is 1. The third-order valence-corrected chi connectivity index (χ3v) is 2.88. The summed E-state index contributed by atoms with van der Waals surface area (Å²) in [6.45, 7) is 4.41. The third-order valence-electron chi connectivity index (χ3n) is 2.88. The Morgan fingerprint density at radius 3 is 2.35 bits per heavy atom. The lowest BCUT2D eigenvalue weighted by Gasteiger charge is -2.18. The van der Waals surface area contributed by atoms with E-state index in [9.17, 15) is 0 Å². The maximum Gasteiger partial charge on any atom is 0.162 e. The van der Waals surface area contributed by atoms with Crippen molar-refractivity contribution in [2.75, 3.05) is 19.5 Å². The molecule has 3 nitrogen and oxygen atoms in total. The lowest BCUT2D eigenvalue weighted by Crippen LogP contribution is -2.17. The third kappa shape index (κ3) is 3.84. The lowest BCUT2D eigenvalue weighted by atomic mass is 10.1. The second kappa shape index (κ2) is 7.05. The SMILES string of the molecule is CCCC(CC)Nc1ccc(OC)c(OC)c1. The van der Waals surface area contributed by atoms with E-state index in [2.05, 4.69) is 19.2 Å². The Labute approximate surface area is 104 Å². The number of rotatable bonds is 7. The van der Waals surface area contributed by atoms with Crippen LogP contribution in [0, 0.1) is 0 Å². The van der Waals surface area contributed by atoms with Crippen molar-refractivity contribution in [2.24, 2.45) is 0 Å². The van der Waals surface area contributed by atoms with Crippen LogP contribution in [0.2, 0.25) is 0 Å². The van der Waals surface area contributed by atoms with Crippen LogP contribution in [-0.4, -0.2) is 20.3 Å². The van der Waals surface area contributed by atoms with Crippen LogP contribution >= 0.6 is 0 Å². The average molecular weight is 237 g/mol. The summed E-state index contributed by atoms with van der Waals surface area (Å²) in [5.74, 6) is 1.53. The van der Waals surface area contributed by atoms with Gasteiger partial charge in [-0.2, -0.15) is 0 Å². The van der Waals surface area contributed by atoms with Crippen molar-refractivity contribution >= 4 is 5.69 Å². The Bertz CT molecular complexity index is 339. The number of ether oxygens (including phenoxy) is 2. The van der Waals surface area contributed by atoms with Gasteiger partial charge in [-0.1, -0.05) is 20.3 Å². The maximum atomic E-state index is 5.29. The zero-order valence-corrected chi connectivity index (χ0v) is 11.2. The molecule has 1 N–H and O–H groups in total. The van der Waals surface area contributed by atoms with E-state index in [0.717, 1.165) is 23.6 Å². The fourth-order valence-electron chi connectivity index (χ4n) is 1.89. The summed E-state index contributed by atoms with van der Waals surface area (Å²) in [7, 11) is 3.31. The van der Waals surface area contributed by atoms with E-state index < -0.39 is 0 Å². The van der Waals surface area contributed by atoms with Crippen LogP contribution in [0.3, 0.4) is 0 Å². The van der Waals surface area contributed by atoms with Gasteiger partial charge in [0.1, 0.15) is 0 Å². The minimum Gasteiger partial charge on any atom is -0.493 e. The lowest BCUT2D eigenvalue weighted by molar-refractivity contribution is 0.355. The number of anilines is 1. The summed E-state index contributed by atoms with van der Waals surface area (Å²) in [6, 6.07) is 6.47. The minimum atomic E-state index is 0.526. The van der Waals surface area contributed by atoms with E-state index in [1.165, 1.54) is 12.8 Å². The molecule has 0 fully saturated rings. The number of benzene rings is 1. The molecule has 96 valence electrons. The van der Waals surface area contributed by atoms with Crippen molar-refractivity contribution in [3.8, 4) is 11.5 Å². The van der Waals surface area contributed by atoms with Gasteiger partial charge in [0.25, 0.3) is 0 Å². The molecule has 0 aliphatic carbocycles. The summed E-state index contributed by atoms with van der Waals surface area (Å²) in [5.41, 5.74) is 1.09. The molecule has 1 aromatic carbocycles. The zero-order chi connectivity index (χ0) is 12.7. The Morgan fingerprint density at radius 2 is 1.82 bits per heavy atom. The Kier molecular flexibility index (Phi) is 5.67. The molecule has 0 aliphatic heterocycles. The molecule has 1 unspecified atom stereocenters. The first kappa shape index (κ1) is 13.7. The Morgan fingerprint density at radius 1 is 1.12 bits per heavy atom. The predicted octanol–water partition coefficient (Wildman–Crippen LogP) is 3.69. The van der Waals surface area contributed by atoms with Gasteiger partial charge in [0, 0.05) is 17.8 Å². The smallest absolute Gasteiger partial charge is 0.162 e. The first-order valence-corrected chi connectivity index (χ1v) is 6.23. The maximum absolute atomic E-state index is 5.29. The van der Waals surface area contributed by atoms with Crippen molar-refractivity contribution in [3.05, 3.63) is 18.2 Å². The molecule has 0 saturated heterocycles. The predicted molar refractivity (Wildman–Crippen MR) is 72.2 cm³/mol. The van der Waals surface area contributed by atoms with Gasteiger partial charge in [-0.05, 0) is 25.0 Å². The van der Waals surface area contributed by atoms with Crippen LogP contribution in [0.1, 0.15) is 33.1 Å². The number of hydrogen-bond acceptors (Lipinski definition) is 3. The molecular weight excluding hydrogens is 214 g/mol. The van der Waals surface area contributed by atoms with Gasteiger partial charge in [-0.25, -0.2) is 0 Å². The van der Waals surface area contributed by atoms with Crippen LogP contribution in [-0.2, 0) is 0 Å². The van der Waals surface area contributed by atoms with E-state index in [1.807, 2.05) is 18.2 Å². The zero-order valence-electron chi connectivity index (χ0n) is 11.2. The summed E-state index contributed by atoms with van der Waals surface area (Å²) in [4.78, 5) is 0. The Hall–Kier alpha value is -1.38. The van der Waals surface area contributed by atoms with E-state index in [0.29, 0.717) is 6.04 Å². The molecule has 0 aromatic heterocycles. The van der Waals surface area contributed by atoms with Gasteiger partial charge < -0.3 is 14.8 Å². The van der Waals surface area contributed by atoms with Crippen molar-refractivity contribution < 1.29 is 9.47 Å². The first-order valence-electron chi connectivity index (χ1n) is 6.23. The van der Waals surface area contributed by atoms with Crippen LogP contribution in [0.5, 0.6) is 11.5 Å². The Balaban J connectivity index is 2.77. The minimum absolute atomic E-state index is 0.526. The van der Waals surface area contributed by atoms with E-state index >= 15 is 0 Å². The molecule has 3 heteroatoms. The molecule has 1 aromatic rings.